The van der Waals surface area contributed by atoms with Crippen LogP contribution >= 0.6 is 0 Å². The number of rotatable bonds is 21. The van der Waals surface area contributed by atoms with Gasteiger partial charge in [0.2, 0.25) is 6.79 Å². The summed E-state index contributed by atoms with van der Waals surface area (Å²) in [5.74, 6) is -1.49. The van der Waals surface area contributed by atoms with Crippen LogP contribution in [0.5, 0.6) is 23.0 Å². The molecule has 0 fully saturated rings. The number of benzene rings is 3. The molecule has 3 rings (SSSR count). The molecule has 0 aliphatic rings. The lowest BCUT2D eigenvalue weighted by atomic mass is 10.1. The van der Waals surface area contributed by atoms with Crippen LogP contribution in [-0.4, -0.2) is 69.2 Å². The Bertz CT molecular complexity index is 1860. The number of hydrogen-bond acceptors (Lipinski definition) is 13. The van der Waals surface area contributed by atoms with E-state index in [4.69, 9.17) is 37.9 Å². The number of aryl methyl sites for hydroxylation is 2. The maximum absolute atomic E-state index is 13.1. The van der Waals surface area contributed by atoms with E-state index in [1.165, 1.54) is 6.07 Å². The molecule has 3 aromatic carbocycles. The zero-order chi connectivity index (χ0) is 39.6. The van der Waals surface area contributed by atoms with Gasteiger partial charge < -0.3 is 37.9 Å². The Morgan fingerprint density at radius 3 is 1.59 bits per heavy atom. The van der Waals surface area contributed by atoms with Crippen LogP contribution in [0.2, 0.25) is 0 Å². The van der Waals surface area contributed by atoms with Crippen molar-refractivity contribution in [2.45, 2.75) is 46.6 Å². The zero-order valence-electron chi connectivity index (χ0n) is 30.8. The van der Waals surface area contributed by atoms with E-state index in [0.717, 1.165) is 18.2 Å². The van der Waals surface area contributed by atoms with Gasteiger partial charge in [-0.05, 0) is 111 Å². The molecule has 0 heterocycles. The topological polar surface area (TPSA) is 159 Å². The SMILES string of the molecule is C=CC(=O)OCCCCOCC(COc1ccc(C(=O)Oc2ccc(OC(=O)c3ccc(OCOC(=O)C=C)c(C)c3)c(C)c2C)cc1C)OC(=O)C=C. The van der Waals surface area contributed by atoms with Crippen molar-refractivity contribution >= 4 is 29.8 Å². The maximum Gasteiger partial charge on any atom is 0.343 e. The molecule has 3 aromatic rings. The van der Waals surface area contributed by atoms with Gasteiger partial charge in [0.15, 0.2) is 6.10 Å². The Hall–Kier alpha value is -6.21. The second-order valence-electron chi connectivity index (χ2n) is 11.7. The van der Waals surface area contributed by atoms with Crippen molar-refractivity contribution in [2.24, 2.45) is 0 Å². The van der Waals surface area contributed by atoms with E-state index in [1.807, 2.05) is 0 Å². The van der Waals surface area contributed by atoms with Crippen molar-refractivity contribution < 1.29 is 61.9 Å². The van der Waals surface area contributed by atoms with Crippen molar-refractivity contribution in [3.05, 3.63) is 120 Å². The molecule has 0 N–H and O–H groups in total. The van der Waals surface area contributed by atoms with E-state index in [0.29, 0.717) is 53.2 Å². The summed E-state index contributed by atoms with van der Waals surface area (Å²) in [6, 6.07) is 12.6. The van der Waals surface area contributed by atoms with E-state index in [2.05, 4.69) is 19.7 Å². The van der Waals surface area contributed by atoms with Crippen LogP contribution in [0.25, 0.3) is 0 Å². The second-order valence-corrected chi connectivity index (χ2v) is 11.7. The van der Waals surface area contributed by atoms with Crippen LogP contribution in [0.15, 0.2) is 86.5 Å². The quantitative estimate of drug-likeness (QED) is 0.0294. The first-order valence-electron chi connectivity index (χ1n) is 16.9. The Morgan fingerprint density at radius 2 is 1.07 bits per heavy atom. The summed E-state index contributed by atoms with van der Waals surface area (Å²) in [4.78, 5) is 60.3. The number of hydrogen-bond donors (Lipinski definition) is 0. The van der Waals surface area contributed by atoms with Gasteiger partial charge in [-0.1, -0.05) is 19.7 Å². The Kier molecular flexibility index (Phi) is 16.7. The molecule has 0 radical (unpaired) electrons. The summed E-state index contributed by atoms with van der Waals surface area (Å²) in [5.41, 5.74) is 3.00. The van der Waals surface area contributed by atoms with Crippen LogP contribution in [0, 0.1) is 27.7 Å². The van der Waals surface area contributed by atoms with Crippen LogP contribution < -0.4 is 18.9 Å². The molecule has 0 aliphatic heterocycles. The number of carbonyl (C=O) groups excluding carboxylic acids is 5. The standard InChI is InChI=1S/C41H44O13/c1-8-37(42)48-20-12-11-19-47-23-32(52-39(44)10-3)24-49-33-15-13-30(21-26(33)4)40(45)53-35-17-18-36(29(7)28(35)6)54-41(46)31-14-16-34(27(5)22-31)50-25-51-38(43)9-2/h8-10,13-18,21-22,32H,1-3,11-12,19-20,23-25H2,4-7H3. The predicted octanol–water partition coefficient (Wildman–Crippen LogP) is 6.43. The third kappa shape index (κ3) is 13.1. The third-order valence-corrected chi connectivity index (χ3v) is 7.77. The number of esters is 5. The van der Waals surface area contributed by atoms with Gasteiger partial charge in [-0.2, -0.15) is 0 Å². The highest BCUT2D eigenvalue weighted by atomic mass is 16.7. The van der Waals surface area contributed by atoms with Gasteiger partial charge in [0.1, 0.15) is 29.6 Å². The van der Waals surface area contributed by atoms with Crippen LogP contribution in [0.1, 0.15) is 55.8 Å². The fourth-order valence-electron chi connectivity index (χ4n) is 4.66. The van der Waals surface area contributed by atoms with Gasteiger partial charge in [-0.3, -0.25) is 0 Å². The Balaban J connectivity index is 1.57. The molecular formula is C41H44O13. The molecule has 0 bridgehead atoms. The lowest BCUT2D eigenvalue weighted by molar-refractivity contribution is -0.148. The Labute approximate surface area is 314 Å². The van der Waals surface area contributed by atoms with Crippen LogP contribution in [0.4, 0.5) is 0 Å². The second kappa shape index (κ2) is 21.3. The van der Waals surface area contributed by atoms with E-state index >= 15 is 0 Å². The monoisotopic (exact) mass is 744 g/mol. The maximum atomic E-state index is 13.1. The number of ether oxygens (including phenoxy) is 8. The fourth-order valence-corrected chi connectivity index (χ4v) is 4.66. The van der Waals surface area contributed by atoms with E-state index in [9.17, 15) is 24.0 Å². The van der Waals surface area contributed by atoms with Gasteiger partial charge >= 0.3 is 29.8 Å². The summed E-state index contributed by atoms with van der Waals surface area (Å²) in [6.07, 6.45) is 3.64. The highest BCUT2D eigenvalue weighted by Gasteiger charge is 2.19. The molecule has 0 aliphatic carbocycles. The molecule has 286 valence electrons. The van der Waals surface area contributed by atoms with E-state index in [-0.39, 0.29) is 49.2 Å². The van der Waals surface area contributed by atoms with E-state index < -0.39 is 36.0 Å². The van der Waals surface area contributed by atoms with Crippen LogP contribution in [0.3, 0.4) is 0 Å². The van der Waals surface area contributed by atoms with Crippen molar-refractivity contribution in [3.63, 3.8) is 0 Å². The molecule has 0 spiro atoms. The largest absolute Gasteiger partial charge is 0.489 e. The molecule has 13 heteroatoms. The first kappa shape index (κ1) is 42.2. The lowest BCUT2D eigenvalue weighted by Crippen LogP contribution is -2.29. The Morgan fingerprint density at radius 1 is 0.593 bits per heavy atom. The van der Waals surface area contributed by atoms with E-state index in [1.54, 1.807) is 70.2 Å². The highest BCUT2D eigenvalue weighted by Crippen LogP contribution is 2.31. The molecule has 0 aromatic heterocycles. The fraction of sp³-hybridized carbons (Fsp3) is 0.293. The summed E-state index contributed by atoms with van der Waals surface area (Å²) in [6.45, 7) is 17.4. The van der Waals surface area contributed by atoms with Crippen molar-refractivity contribution in [3.8, 4) is 23.0 Å². The van der Waals surface area contributed by atoms with Crippen molar-refractivity contribution in [1.82, 2.24) is 0 Å². The third-order valence-electron chi connectivity index (χ3n) is 7.77. The smallest absolute Gasteiger partial charge is 0.343 e. The van der Waals surface area contributed by atoms with Gasteiger partial charge in [0.05, 0.1) is 24.3 Å². The van der Waals surface area contributed by atoms with Crippen LogP contribution in [-0.2, 0) is 33.3 Å². The zero-order valence-corrected chi connectivity index (χ0v) is 30.8. The normalized spacial score (nSPS) is 11.0. The minimum absolute atomic E-state index is 0.0229. The summed E-state index contributed by atoms with van der Waals surface area (Å²) in [5, 5.41) is 0. The molecule has 0 amide bonds. The predicted molar refractivity (Wildman–Crippen MR) is 197 cm³/mol. The molecule has 0 saturated heterocycles. The first-order valence-corrected chi connectivity index (χ1v) is 16.9. The molecule has 54 heavy (non-hydrogen) atoms. The minimum atomic E-state index is -0.738. The summed E-state index contributed by atoms with van der Waals surface area (Å²) >= 11 is 0. The van der Waals surface area contributed by atoms with Gasteiger partial charge in [-0.15, -0.1) is 0 Å². The first-order chi connectivity index (χ1) is 25.9. The van der Waals surface area contributed by atoms with Gasteiger partial charge in [-0.25, -0.2) is 24.0 Å². The van der Waals surface area contributed by atoms with Gasteiger partial charge in [0.25, 0.3) is 0 Å². The molecule has 13 nitrogen and oxygen atoms in total. The minimum Gasteiger partial charge on any atom is -0.489 e. The van der Waals surface area contributed by atoms with Gasteiger partial charge in [0, 0.05) is 24.8 Å². The molecular weight excluding hydrogens is 700 g/mol. The summed E-state index contributed by atoms with van der Waals surface area (Å²) < 4.78 is 43.4. The average Bonchev–Trinajstić information content (AvgIpc) is 3.16. The number of unbranched alkanes of at least 4 members (excludes halogenated alkanes) is 1. The molecule has 1 atom stereocenters. The molecule has 0 saturated carbocycles. The van der Waals surface area contributed by atoms with Crippen molar-refractivity contribution in [2.75, 3.05) is 33.2 Å². The molecule has 1 unspecified atom stereocenters. The number of carbonyl (C=O) groups is 5. The lowest BCUT2D eigenvalue weighted by Gasteiger charge is -2.19. The van der Waals surface area contributed by atoms with Crippen molar-refractivity contribution in [1.29, 1.82) is 0 Å². The summed E-state index contributed by atoms with van der Waals surface area (Å²) in [7, 11) is 0. The average molecular weight is 745 g/mol. The highest BCUT2D eigenvalue weighted by molar-refractivity contribution is 5.93.